The van der Waals surface area contributed by atoms with Crippen LogP contribution in [0.1, 0.15) is 58.8 Å². The molecule has 1 rings (SSSR count). The Kier molecular flexibility index (Phi) is 11.3. The van der Waals surface area contributed by atoms with E-state index < -0.39 is 10.8 Å². The van der Waals surface area contributed by atoms with Crippen molar-refractivity contribution in [2.24, 2.45) is 4.99 Å². The van der Waals surface area contributed by atoms with Crippen LogP contribution in [-0.4, -0.2) is 54.0 Å². The van der Waals surface area contributed by atoms with E-state index in [1.807, 2.05) is 6.92 Å². The van der Waals surface area contributed by atoms with Crippen molar-refractivity contribution in [3.8, 4) is 0 Å². The lowest BCUT2D eigenvalue weighted by molar-refractivity contribution is 0.192. The van der Waals surface area contributed by atoms with Gasteiger partial charge in [0.25, 0.3) is 0 Å². The van der Waals surface area contributed by atoms with E-state index in [0.717, 1.165) is 76.4 Å². The first-order valence-electron chi connectivity index (χ1n) is 9.12. The van der Waals surface area contributed by atoms with Crippen LogP contribution in [0.15, 0.2) is 4.99 Å². The molecule has 3 unspecified atom stereocenters. The van der Waals surface area contributed by atoms with Gasteiger partial charge in [-0.15, -0.1) is 0 Å². The normalized spacial score (nSPS) is 23.5. The lowest BCUT2D eigenvalue weighted by Crippen LogP contribution is -2.46. The number of hydrogen-bond donors (Lipinski definition) is 2. The predicted molar refractivity (Wildman–Crippen MR) is 99.6 cm³/mol. The molecule has 1 aliphatic rings. The largest absolute Gasteiger partial charge is 0.385 e. The molecule has 0 aromatic rings. The number of unbranched alkanes of at least 4 members (excludes halogenated alkanes) is 2. The van der Waals surface area contributed by atoms with Crippen molar-refractivity contribution < 1.29 is 8.95 Å². The molecule has 6 heteroatoms. The van der Waals surface area contributed by atoms with Crippen LogP contribution in [0.4, 0.5) is 0 Å². The second-order valence-corrected chi connectivity index (χ2v) is 8.12. The summed E-state index contributed by atoms with van der Waals surface area (Å²) in [6.45, 7) is 6.65. The van der Waals surface area contributed by atoms with Crippen LogP contribution in [0.3, 0.4) is 0 Å². The third-order valence-corrected chi connectivity index (χ3v) is 5.98. The van der Waals surface area contributed by atoms with Crippen LogP contribution in [0.5, 0.6) is 0 Å². The van der Waals surface area contributed by atoms with Gasteiger partial charge >= 0.3 is 0 Å². The zero-order valence-electron chi connectivity index (χ0n) is 15.1. The van der Waals surface area contributed by atoms with Crippen LogP contribution in [0, 0.1) is 0 Å². The highest BCUT2D eigenvalue weighted by Crippen LogP contribution is 2.22. The number of rotatable bonds is 10. The van der Waals surface area contributed by atoms with E-state index in [9.17, 15) is 4.21 Å². The van der Waals surface area contributed by atoms with Gasteiger partial charge in [-0.2, -0.15) is 0 Å². The van der Waals surface area contributed by atoms with Gasteiger partial charge in [-0.05, 0) is 45.4 Å². The maximum absolute atomic E-state index is 12.0. The average Bonchev–Trinajstić information content (AvgIpc) is 2.57. The van der Waals surface area contributed by atoms with Crippen LogP contribution in [-0.2, 0) is 15.5 Å². The Morgan fingerprint density at radius 1 is 1.26 bits per heavy atom. The first-order chi connectivity index (χ1) is 11.2. The molecular weight excluding hydrogens is 310 g/mol. The molecule has 1 saturated carbocycles. The third kappa shape index (κ3) is 8.70. The first kappa shape index (κ1) is 20.4. The molecule has 0 bridgehead atoms. The lowest BCUT2D eigenvalue weighted by Gasteiger charge is -2.30. The van der Waals surface area contributed by atoms with Crippen molar-refractivity contribution in [2.75, 3.05) is 32.6 Å². The fraction of sp³-hybridized carbons (Fsp3) is 0.941. The molecular formula is C17H35N3O2S. The molecule has 3 atom stereocenters. The SMILES string of the molecule is CCNC(=NCCCCCOC)NC1CCCC(S(=O)CC)C1. The van der Waals surface area contributed by atoms with E-state index in [0.29, 0.717) is 11.3 Å². The van der Waals surface area contributed by atoms with Crippen molar-refractivity contribution >= 4 is 16.8 Å². The number of guanidine groups is 1. The smallest absolute Gasteiger partial charge is 0.191 e. The monoisotopic (exact) mass is 345 g/mol. The van der Waals surface area contributed by atoms with Crippen LogP contribution in [0.2, 0.25) is 0 Å². The molecule has 0 aliphatic heterocycles. The first-order valence-corrected chi connectivity index (χ1v) is 10.5. The van der Waals surface area contributed by atoms with Crippen molar-refractivity contribution in [1.29, 1.82) is 0 Å². The van der Waals surface area contributed by atoms with Crippen LogP contribution >= 0.6 is 0 Å². The highest BCUT2D eigenvalue weighted by Gasteiger charge is 2.25. The van der Waals surface area contributed by atoms with Crippen molar-refractivity contribution in [3.63, 3.8) is 0 Å². The highest BCUT2D eigenvalue weighted by atomic mass is 32.2. The van der Waals surface area contributed by atoms with Crippen molar-refractivity contribution in [3.05, 3.63) is 0 Å². The molecule has 0 amide bonds. The number of ether oxygens (including phenoxy) is 1. The van der Waals surface area contributed by atoms with Gasteiger partial charge in [-0.1, -0.05) is 13.3 Å². The van der Waals surface area contributed by atoms with E-state index in [4.69, 9.17) is 4.74 Å². The Bertz CT molecular complexity index is 364. The van der Waals surface area contributed by atoms with Gasteiger partial charge in [0.2, 0.25) is 0 Å². The molecule has 0 aromatic carbocycles. The summed E-state index contributed by atoms with van der Waals surface area (Å²) in [6, 6.07) is 0.399. The number of nitrogens with zero attached hydrogens (tertiary/aromatic N) is 1. The molecule has 23 heavy (non-hydrogen) atoms. The minimum absolute atomic E-state index is 0.350. The summed E-state index contributed by atoms with van der Waals surface area (Å²) in [6.07, 6.45) is 7.75. The van der Waals surface area contributed by atoms with E-state index >= 15 is 0 Å². The van der Waals surface area contributed by atoms with E-state index in [1.165, 1.54) is 0 Å². The topological polar surface area (TPSA) is 62.7 Å². The minimum Gasteiger partial charge on any atom is -0.385 e. The van der Waals surface area contributed by atoms with Gasteiger partial charge in [0.05, 0.1) is 0 Å². The van der Waals surface area contributed by atoms with Crippen LogP contribution in [0.25, 0.3) is 0 Å². The molecule has 2 N–H and O–H groups in total. The Morgan fingerprint density at radius 3 is 2.78 bits per heavy atom. The van der Waals surface area contributed by atoms with Gasteiger partial charge in [-0.3, -0.25) is 9.20 Å². The molecule has 0 saturated heterocycles. The molecule has 5 nitrogen and oxygen atoms in total. The molecule has 1 fully saturated rings. The zero-order chi connectivity index (χ0) is 16.9. The summed E-state index contributed by atoms with van der Waals surface area (Å²) in [5, 5.41) is 7.23. The summed E-state index contributed by atoms with van der Waals surface area (Å²) in [5.74, 6) is 1.68. The Balaban J connectivity index is 2.39. The molecule has 0 radical (unpaired) electrons. The van der Waals surface area contributed by atoms with Crippen LogP contribution < -0.4 is 10.6 Å². The number of methoxy groups -OCH3 is 1. The molecule has 136 valence electrons. The van der Waals surface area contributed by atoms with Crippen molar-refractivity contribution in [2.45, 2.75) is 70.1 Å². The second-order valence-electron chi connectivity index (χ2n) is 6.11. The Labute approximate surface area is 144 Å². The number of hydrogen-bond acceptors (Lipinski definition) is 3. The summed E-state index contributed by atoms with van der Waals surface area (Å²) in [7, 11) is 1.07. The quantitative estimate of drug-likeness (QED) is 0.363. The molecule has 0 aromatic heterocycles. The maximum atomic E-state index is 12.0. The minimum atomic E-state index is -0.675. The van der Waals surface area contributed by atoms with Gasteiger partial charge in [0.1, 0.15) is 0 Å². The zero-order valence-corrected chi connectivity index (χ0v) is 15.9. The van der Waals surface area contributed by atoms with Gasteiger partial charge < -0.3 is 15.4 Å². The number of aliphatic imine (C=N–C) groups is 1. The predicted octanol–water partition coefficient (Wildman–Crippen LogP) is 2.44. The maximum Gasteiger partial charge on any atom is 0.191 e. The fourth-order valence-corrected chi connectivity index (χ4v) is 4.34. The van der Waals surface area contributed by atoms with E-state index in [1.54, 1.807) is 7.11 Å². The number of nitrogens with one attached hydrogen (secondary N) is 2. The van der Waals surface area contributed by atoms with Gasteiger partial charge in [0, 0.05) is 54.7 Å². The average molecular weight is 346 g/mol. The van der Waals surface area contributed by atoms with E-state index in [-0.39, 0.29) is 0 Å². The summed E-state index contributed by atoms with van der Waals surface area (Å²) in [4.78, 5) is 4.67. The summed E-state index contributed by atoms with van der Waals surface area (Å²) < 4.78 is 17.1. The molecule has 0 spiro atoms. The summed E-state index contributed by atoms with van der Waals surface area (Å²) in [5.41, 5.74) is 0. The third-order valence-electron chi connectivity index (χ3n) is 4.24. The fourth-order valence-electron chi connectivity index (χ4n) is 2.99. The Hall–Kier alpha value is -0.620. The molecule has 0 heterocycles. The summed E-state index contributed by atoms with van der Waals surface area (Å²) >= 11 is 0. The Morgan fingerprint density at radius 2 is 2.09 bits per heavy atom. The molecule has 1 aliphatic carbocycles. The highest BCUT2D eigenvalue weighted by molar-refractivity contribution is 7.85. The van der Waals surface area contributed by atoms with Crippen molar-refractivity contribution in [1.82, 2.24) is 10.6 Å². The standard InChI is InChI=1S/C17H35N3O2S/c1-4-18-17(19-12-7-6-8-13-22-3)20-15-10-9-11-16(14-15)23(21)5-2/h15-16H,4-14H2,1-3H3,(H2,18,19,20). The van der Waals surface area contributed by atoms with E-state index in [2.05, 4.69) is 22.5 Å². The van der Waals surface area contributed by atoms with Gasteiger partial charge in [-0.25, -0.2) is 0 Å². The van der Waals surface area contributed by atoms with Gasteiger partial charge in [0.15, 0.2) is 5.96 Å². The lowest BCUT2D eigenvalue weighted by atomic mass is 9.95. The second kappa shape index (κ2) is 12.8.